The minimum atomic E-state index is -4.63. The van der Waals surface area contributed by atoms with Crippen LogP contribution < -0.4 is 18.9 Å². The fourth-order valence-electron chi connectivity index (χ4n) is 3.64. The first-order chi connectivity index (χ1) is 14.7. The van der Waals surface area contributed by atoms with Crippen molar-refractivity contribution in [2.24, 2.45) is 5.92 Å². The second-order valence-electron chi connectivity index (χ2n) is 7.29. The maximum absolute atomic E-state index is 13.3. The molecule has 1 aliphatic carbocycles. The SMILES string of the molecule is COc1c(C(=O)CCC(=O)C2=C(C(F)(F)F)C=CC(C)C2)cc2c(c1OC)OCCO2. The van der Waals surface area contributed by atoms with Crippen molar-refractivity contribution in [3.05, 3.63) is 34.9 Å². The number of benzene rings is 1. The molecule has 6 nitrogen and oxygen atoms in total. The minimum Gasteiger partial charge on any atom is -0.492 e. The summed E-state index contributed by atoms with van der Waals surface area (Å²) < 4.78 is 61.6. The number of alkyl halides is 3. The molecule has 0 spiro atoms. The van der Waals surface area contributed by atoms with Gasteiger partial charge in [-0.05, 0) is 18.4 Å². The maximum Gasteiger partial charge on any atom is 0.416 e. The number of ether oxygens (including phenoxy) is 4. The summed E-state index contributed by atoms with van der Waals surface area (Å²) in [6, 6.07) is 1.44. The van der Waals surface area contributed by atoms with E-state index in [1.807, 2.05) is 0 Å². The summed E-state index contributed by atoms with van der Waals surface area (Å²) in [5, 5.41) is 0. The van der Waals surface area contributed by atoms with E-state index in [-0.39, 0.29) is 54.4 Å². The molecule has 0 saturated carbocycles. The van der Waals surface area contributed by atoms with Gasteiger partial charge >= 0.3 is 6.18 Å². The molecule has 0 aromatic heterocycles. The van der Waals surface area contributed by atoms with Crippen molar-refractivity contribution in [3.63, 3.8) is 0 Å². The highest BCUT2D eigenvalue weighted by atomic mass is 19.4. The van der Waals surface area contributed by atoms with Crippen LogP contribution in [0.25, 0.3) is 0 Å². The lowest BCUT2D eigenvalue weighted by atomic mass is 9.86. The molecule has 1 unspecified atom stereocenters. The number of rotatable bonds is 7. The summed E-state index contributed by atoms with van der Waals surface area (Å²) in [6.45, 7) is 2.32. The van der Waals surface area contributed by atoms with E-state index in [1.54, 1.807) is 6.92 Å². The summed E-state index contributed by atoms with van der Waals surface area (Å²) in [5.74, 6) is -0.457. The summed E-state index contributed by atoms with van der Waals surface area (Å²) >= 11 is 0. The molecule has 0 N–H and O–H groups in total. The summed E-state index contributed by atoms with van der Waals surface area (Å²) in [5.41, 5.74) is -1.12. The number of hydrogen-bond donors (Lipinski definition) is 0. The lowest BCUT2D eigenvalue weighted by molar-refractivity contribution is -0.117. The third-order valence-electron chi connectivity index (χ3n) is 5.12. The highest BCUT2D eigenvalue weighted by molar-refractivity contribution is 6.04. The Bertz CT molecular complexity index is 946. The highest BCUT2D eigenvalue weighted by Crippen LogP contribution is 2.48. The third kappa shape index (κ3) is 4.70. The molecular weight excluding hydrogens is 417 g/mol. The van der Waals surface area contributed by atoms with Gasteiger partial charge < -0.3 is 18.9 Å². The van der Waals surface area contributed by atoms with Crippen molar-refractivity contribution in [1.29, 1.82) is 0 Å². The monoisotopic (exact) mass is 440 g/mol. The van der Waals surface area contributed by atoms with Gasteiger partial charge in [-0.3, -0.25) is 9.59 Å². The Labute approximate surface area is 177 Å². The molecule has 1 aromatic rings. The van der Waals surface area contributed by atoms with Gasteiger partial charge in [-0.15, -0.1) is 0 Å². The zero-order valence-corrected chi connectivity index (χ0v) is 17.4. The van der Waals surface area contributed by atoms with E-state index in [4.69, 9.17) is 18.9 Å². The Morgan fingerprint density at radius 1 is 1.06 bits per heavy atom. The number of carbonyl (C=O) groups is 2. The zero-order valence-electron chi connectivity index (χ0n) is 17.4. The van der Waals surface area contributed by atoms with Crippen LogP contribution in [0, 0.1) is 5.92 Å². The van der Waals surface area contributed by atoms with Gasteiger partial charge in [0.1, 0.15) is 13.2 Å². The quantitative estimate of drug-likeness (QED) is 0.583. The fourth-order valence-corrected chi connectivity index (χ4v) is 3.64. The first-order valence-corrected chi connectivity index (χ1v) is 9.76. The molecule has 31 heavy (non-hydrogen) atoms. The van der Waals surface area contributed by atoms with Gasteiger partial charge in [-0.25, -0.2) is 0 Å². The number of ketones is 2. The van der Waals surface area contributed by atoms with E-state index >= 15 is 0 Å². The predicted octanol–water partition coefficient (Wildman–Crippen LogP) is 4.46. The molecule has 0 amide bonds. The molecule has 0 saturated heterocycles. The summed E-state index contributed by atoms with van der Waals surface area (Å²) in [6.07, 6.45) is -2.91. The van der Waals surface area contributed by atoms with Gasteiger partial charge in [-0.1, -0.05) is 19.1 Å². The van der Waals surface area contributed by atoms with Gasteiger partial charge in [0.2, 0.25) is 11.5 Å². The zero-order chi connectivity index (χ0) is 22.8. The van der Waals surface area contributed by atoms with Crippen LogP contribution in [0.2, 0.25) is 0 Å². The van der Waals surface area contributed by atoms with Gasteiger partial charge in [0.15, 0.2) is 23.1 Å². The Kier molecular flexibility index (Phi) is 6.62. The van der Waals surface area contributed by atoms with Crippen molar-refractivity contribution >= 4 is 11.6 Å². The molecule has 1 aromatic carbocycles. The molecular formula is C22H23F3O6. The van der Waals surface area contributed by atoms with E-state index < -0.39 is 23.3 Å². The molecule has 0 fully saturated rings. The number of hydrogen-bond acceptors (Lipinski definition) is 6. The summed E-state index contributed by atoms with van der Waals surface area (Å²) in [7, 11) is 2.74. The number of fused-ring (bicyclic) bond motifs is 1. The van der Waals surface area contributed by atoms with Crippen LogP contribution in [0.5, 0.6) is 23.0 Å². The van der Waals surface area contributed by atoms with Crippen molar-refractivity contribution in [2.75, 3.05) is 27.4 Å². The van der Waals surface area contributed by atoms with Crippen molar-refractivity contribution in [1.82, 2.24) is 0 Å². The van der Waals surface area contributed by atoms with Crippen LogP contribution in [0.4, 0.5) is 13.2 Å². The van der Waals surface area contributed by atoms with E-state index in [1.165, 1.54) is 26.4 Å². The topological polar surface area (TPSA) is 71.1 Å². The van der Waals surface area contributed by atoms with Gasteiger partial charge in [0, 0.05) is 18.4 Å². The average molecular weight is 440 g/mol. The van der Waals surface area contributed by atoms with E-state index in [0.717, 1.165) is 6.08 Å². The molecule has 2 aliphatic rings. The largest absolute Gasteiger partial charge is 0.492 e. The van der Waals surface area contributed by atoms with Crippen LogP contribution in [0.1, 0.15) is 36.5 Å². The third-order valence-corrected chi connectivity index (χ3v) is 5.12. The number of allylic oxidation sites excluding steroid dienone is 4. The lowest BCUT2D eigenvalue weighted by Crippen LogP contribution is -2.21. The summed E-state index contributed by atoms with van der Waals surface area (Å²) in [4.78, 5) is 25.5. The van der Waals surface area contributed by atoms with E-state index in [0.29, 0.717) is 18.1 Å². The van der Waals surface area contributed by atoms with Crippen LogP contribution in [0.15, 0.2) is 29.4 Å². The number of carbonyl (C=O) groups excluding carboxylic acids is 2. The normalized spacial score (nSPS) is 18.1. The molecule has 3 rings (SSSR count). The van der Waals surface area contributed by atoms with Crippen LogP contribution in [0.3, 0.4) is 0 Å². The molecule has 1 aliphatic heterocycles. The van der Waals surface area contributed by atoms with Gasteiger partial charge in [-0.2, -0.15) is 13.2 Å². The number of halogens is 3. The van der Waals surface area contributed by atoms with Crippen molar-refractivity contribution in [3.8, 4) is 23.0 Å². The Balaban J connectivity index is 1.84. The van der Waals surface area contributed by atoms with Crippen molar-refractivity contribution in [2.45, 2.75) is 32.4 Å². The van der Waals surface area contributed by atoms with E-state index in [2.05, 4.69) is 0 Å². The molecule has 1 heterocycles. The van der Waals surface area contributed by atoms with Gasteiger partial charge in [0.05, 0.1) is 25.4 Å². The lowest BCUT2D eigenvalue weighted by Gasteiger charge is -2.23. The van der Waals surface area contributed by atoms with E-state index in [9.17, 15) is 22.8 Å². The first-order valence-electron chi connectivity index (χ1n) is 9.76. The van der Waals surface area contributed by atoms with Crippen molar-refractivity contribution < 1.29 is 41.7 Å². The Morgan fingerprint density at radius 2 is 1.71 bits per heavy atom. The number of Topliss-reactive ketones (excluding diaryl/α,β-unsaturated/α-hetero) is 2. The molecule has 1 atom stereocenters. The molecule has 0 radical (unpaired) electrons. The van der Waals surface area contributed by atoms with Crippen LogP contribution >= 0.6 is 0 Å². The molecule has 0 bridgehead atoms. The highest BCUT2D eigenvalue weighted by Gasteiger charge is 2.38. The second kappa shape index (κ2) is 9.03. The maximum atomic E-state index is 13.3. The first kappa shape index (κ1) is 22.7. The molecule has 9 heteroatoms. The Hall–Kier alpha value is -2.97. The second-order valence-corrected chi connectivity index (χ2v) is 7.29. The average Bonchev–Trinajstić information content (AvgIpc) is 2.74. The standard InChI is InChI=1S/C22H23F3O6/c1-12-4-5-15(22(23,24)25)13(10-12)16(26)6-7-17(27)14-11-18-20(31-9-8-30-18)21(29-3)19(14)28-2/h4-5,11-12H,6-10H2,1-3H3. The van der Waals surface area contributed by atoms with Crippen LogP contribution in [-0.2, 0) is 4.79 Å². The smallest absolute Gasteiger partial charge is 0.416 e. The molecule has 168 valence electrons. The number of methoxy groups -OCH3 is 2. The fraction of sp³-hybridized carbons (Fsp3) is 0.455. The van der Waals surface area contributed by atoms with Gasteiger partial charge in [0.25, 0.3) is 0 Å². The Morgan fingerprint density at radius 3 is 2.35 bits per heavy atom. The van der Waals surface area contributed by atoms with Crippen LogP contribution in [-0.4, -0.2) is 45.2 Å². The predicted molar refractivity (Wildman–Crippen MR) is 105 cm³/mol. The minimum absolute atomic E-state index is 0.0144.